The summed E-state index contributed by atoms with van der Waals surface area (Å²) in [4.78, 5) is 16.8. The summed E-state index contributed by atoms with van der Waals surface area (Å²) in [5.74, 6) is 0.996. The molecule has 1 aliphatic heterocycles. The van der Waals surface area contributed by atoms with Crippen molar-refractivity contribution >= 4 is 21.8 Å². The Hall–Kier alpha value is -1.85. The Bertz CT molecular complexity index is 678. The number of piperazine rings is 1. The van der Waals surface area contributed by atoms with Crippen LogP contribution in [0.5, 0.6) is 5.75 Å². The van der Waals surface area contributed by atoms with Crippen LogP contribution < -0.4 is 4.74 Å². The van der Waals surface area contributed by atoms with E-state index in [0.29, 0.717) is 0 Å². The van der Waals surface area contributed by atoms with E-state index in [4.69, 9.17) is 4.74 Å². The molecule has 2 aromatic rings. The van der Waals surface area contributed by atoms with E-state index < -0.39 is 0 Å². The van der Waals surface area contributed by atoms with Gasteiger partial charge in [0.05, 0.1) is 7.11 Å². The molecule has 0 atom stereocenters. The summed E-state index contributed by atoms with van der Waals surface area (Å²) in [6.07, 6.45) is 0. The maximum atomic E-state index is 12.5. The number of hydrogen-bond acceptors (Lipinski definition) is 3. The lowest BCUT2D eigenvalue weighted by atomic mass is 10.1. The number of benzene rings is 2. The van der Waals surface area contributed by atoms with Crippen LogP contribution in [-0.4, -0.2) is 49.0 Å². The van der Waals surface area contributed by atoms with E-state index in [2.05, 4.69) is 33.0 Å². The number of amides is 1. The van der Waals surface area contributed by atoms with E-state index in [1.165, 1.54) is 5.56 Å². The molecule has 1 saturated heterocycles. The highest BCUT2D eigenvalue weighted by Crippen LogP contribution is 2.16. The number of hydrogen-bond donors (Lipinski definition) is 0. The van der Waals surface area contributed by atoms with E-state index in [0.717, 1.165) is 48.5 Å². The first kappa shape index (κ1) is 17.0. The molecule has 0 N–H and O–H groups in total. The molecular formula is C19H21BrN2O2. The minimum Gasteiger partial charge on any atom is -0.497 e. The van der Waals surface area contributed by atoms with Crippen molar-refractivity contribution in [3.8, 4) is 5.75 Å². The first-order valence-corrected chi connectivity index (χ1v) is 8.85. The second-order valence-electron chi connectivity index (χ2n) is 5.92. The largest absolute Gasteiger partial charge is 0.497 e. The third kappa shape index (κ3) is 4.16. The molecular weight excluding hydrogens is 368 g/mol. The zero-order valence-corrected chi connectivity index (χ0v) is 15.3. The molecule has 0 saturated carbocycles. The quantitative estimate of drug-likeness (QED) is 0.804. The lowest BCUT2D eigenvalue weighted by molar-refractivity contribution is 0.0628. The van der Waals surface area contributed by atoms with Gasteiger partial charge in [-0.3, -0.25) is 9.69 Å². The van der Waals surface area contributed by atoms with Crippen molar-refractivity contribution in [2.45, 2.75) is 6.54 Å². The summed E-state index contributed by atoms with van der Waals surface area (Å²) < 4.78 is 6.18. The van der Waals surface area contributed by atoms with Gasteiger partial charge in [0.25, 0.3) is 5.91 Å². The van der Waals surface area contributed by atoms with Gasteiger partial charge < -0.3 is 9.64 Å². The average Bonchev–Trinajstić information content (AvgIpc) is 2.63. The van der Waals surface area contributed by atoms with E-state index in [1.54, 1.807) is 7.11 Å². The molecule has 0 aliphatic carbocycles. The minimum absolute atomic E-state index is 0.117. The summed E-state index contributed by atoms with van der Waals surface area (Å²) in [5, 5.41) is 0. The number of halogens is 1. The van der Waals surface area contributed by atoms with Gasteiger partial charge in [0.1, 0.15) is 5.75 Å². The van der Waals surface area contributed by atoms with Crippen molar-refractivity contribution in [3.05, 3.63) is 64.1 Å². The molecule has 0 spiro atoms. The molecule has 4 nitrogen and oxygen atoms in total. The molecule has 0 aromatic heterocycles. The first-order valence-electron chi connectivity index (χ1n) is 8.06. The number of carbonyl (C=O) groups excluding carboxylic acids is 1. The zero-order valence-electron chi connectivity index (χ0n) is 13.7. The van der Waals surface area contributed by atoms with Crippen LogP contribution in [0.1, 0.15) is 15.9 Å². The second-order valence-corrected chi connectivity index (χ2v) is 6.84. The van der Waals surface area contributed by atoms with E-state index in [9.17, 15) is 4.79 Å². The number of nitrogens with zero attached hydrogens (tertiary/aromatic N) is 2. The van der Waals surface area contributed by atoms with Crippen LogP contribution in [-0.2, 0) is 6.54 Å². The third-order valence-electron chi connectivity index (χ3n) is 4.32. The van der Waals surface area contributed by atoms with Gasteiger partial charge in [0.15, 0.2) is 0 Å². The Balaban J connectivity index is 1.53. The SMILES string of the molecule is COc1ccc(CN2CCN(C(=O)c3ccc(Br)cc3)CC2)cc1. The Labute approximate surface area is 151 Å². The van der Waals surface area contributed by atoms with E-state index in [1.807, 2.05) is 41.3 Å². The monoisotopic (exact) mass is 388 g/mol. The molecule has 1 heterocycles. The highest BCUT2D eigenvalue weighted by molar-refractivity contribution is 9.10. The van der Waals surface area contributed by atoms with Gasteiger partial charge in [-0.1, -0.05) is 28.1 Å². The molecule has 24 heavy (non-hydrogen) atoms. The van der Waals surface area contributed by atoms with Gasteiger partial charge in [0, 0.05) is 42.8 Å². The third-order valence-corrected chi connectivity index (χ3v) is 4.84. The van der Waals surface area contributed by atoms with Gasteiger partial charge in [-0.25, -0.2) is 0 Å². The predicted molar refractivity (Wildman–Crippen MR) is 98.3 cm³/mol. The van der Waals surface area contributed by atoms with Crippen molar-refractivity contribution < 1.29 is 9.53 Å². The molecule has 0 bridgehead atoms. The van der Waals surface area contributed by atoms with Crippen LogP contribution in [0.15, 0.2) is 53.0 Å². The van der Waals surface area contributed by atoms with Crippen molar-refractivity contribution in [3.63, 3.8) is 0 Å². The molecule has 2 aromatic carbocycles. The molecule has 0 unspecified atom stereocenters. The maximum Gasteiger partial charge on any atom is 0.253 e. The summed E-state index contributed by atoms with van der Waals surface area (Å²) in [5.41, 5.74) is 2.02. The van der Waals surface area contributed by atoms with Crippen LogP contribution in [0.25, 0.3) is 0 Å². The lowest BCUT2D eigenvalue weighted by Gasteiger charge is -2.34. The van der Waals surface area contributed by atoms with Crippen molar-refractivity contribution in [2.75, 3.05) is 33.3 Å². The van der Waals surface area contributed by atoms with Crippen molar-refractivity contribution in [1.82, 2.24) is 9.80 Å². The Morgan fingerprint density at radius 3 is 2.21 bits per heavy atom. The van der Waals surface area contributed by atoms with Gasteiger partial charge in [0.2, 0.25) is 0 Å². The zero-order chi connectivity index (χ0) is 16.9. The summed E-state index contributed by atoms with van der Waals surface area (Å²) in [6.45, 7) is 4.24. The summed E-state index contributed by atoms with van der Waals surface area (Å²) >= 11 is 3.40. The highest BCUT2D eigenvalue weighted by Gasteiger charge is 2.22. The van der Waals surface area contributed by atoms with Crippen LogP contribution in [0.3, 0.4) is 0 Å². The normalized spacial score (nSPS) is 15.3. The molecule has 5 heteroatoms. The lowest BCUT2D eigenvalue weighted by Crippen LogP contribution is -2.48. The fraction of sp³-hybridized carbons (Fsp3) is 0.316. The molecule has 3 rings (SSSR count). The van der Waals surface area contributed by atoms with Crippen LogP contribution >= 0.6 is 15.9 Å². The van der Waals surface area contributed by atoms with Crippen LogP contribution in [0.4, 0.5) is 0 Å². The standard InChI is InChI=1S/C19H21BrN2O2/c1-24-18-8-2-15(3-9-18)14-21-10-12-22(13-11-21)19(23)16-4-6-17(20)7-5-16/h2-9H,10-14H2,1H3. The van der Waals surface area contributed by atoms with Gasteiger partial charge in [-0.15, -0.1) is 0 Å². The fourth-order valence-electron chi connectivity index (χ4n) is 2.87. The second kappa shape index (κ2) is 7.81. The maximum absolute atomic E-state index is 12.5. The molecule has 1 fully saturated rings. The molecule has 126 valence electrons. The fourth-order valence-corrected chi connectivity index (χ4v) is 3.14. The van der Waals surface area contributed by atoms with E-state index in [-0.39, 0.29) is 5.91 Å². The Kier molecular flexibility index (Phi) is 5.53. The predicted octanol–water partition coefficient (Wildman–Crippen LogP) is 3.42. The number of ether oxygens (including phenoxy) is 1. The van der Waals surface area contributed by atoms with Gasteiger partial charge >= 0.3 is 0 Å². The molecule has 1 aliphatic rings. The van der Waals surface area contributed by atoms with Crippen LogP contribution in [0, 0.1) is 0 Å². The van der Waals surface area contributed by atoms with Crippen molar-refractivity contribution in [2.24, 2.45) is 0 Å². The summed E-state index contributed by atoms with van der Waals surface area (Å²) in [7, 11) is 1.68. The molecule has 1 amide bonds. The minimum atomic E-state index is 0.117. The topological polar surface area (TPSA) is 32.8 Å². The number of carbonyl (C=O) groups is 1. The van der Waals surface area contributed by atoms with Gasteiger partial charge in [-0.05, 0) is 42.0 Å². The average molecular weight is 389 g/mol. The smallest absolute Gasteiger partial charge is 0.253 e. The Morgan fingerprint density at radius 2 is 1.62 bits per heavy atom. The summed E-state index contributed by atoms with van der Waals surface area (Å²) in [6, 6.07) is 15.7. The van der Waals surface area contributed by atoms with Gasteiger partial charge in [-0.2, -0.15) is 0 Å². The van der Waals surface area contributed by atoms with Crippen LogP contribution in [0.2, 0.25) is 0 Å². The number of methoxy groups -OCH3 is 1. The first-order chi connectivity index (χ1) is 11.7. The highest BCUT2D eigenvalue weighted by atomic mass is 79.9. The Morgan fingerprint density at radius 1 is 1.00 bits per heavy atom. The number of rotatable bonds is 4. The van der Waals surface area contributed by atoms with Crippen molar-refractivity contribution in [1.29, 1.82) is 0 Å². The molecule has 0 radical (unpaired) electrons. The van der Waals surface area contributed by atoms with E-state index >= 15 is 0 Å².